The maximum atomic E-state index is 12.7. The molecule has 5 nitrogen and oxygen atoms in total. The van der Waals surface area contributed by atoms with Gasteiger partial charge in [-0.05, 0) is 43.5 Å². The maximum absolute atomic E-state index is 12.7. The van der Waals surface area contributed by atoms with E-state index in [2.05, 4.69) is 0 Å². The SMILES string of the molecule is Cc1cccc(C)c1-n1cccc(/C=C2\SC(=S)N(CCCC(=O)O)C2=O)c1=S. The molecule has 0 aliphatic carbocycles. The van der Waals surface area contributed by atoms with Crippen LogP contribution in [0.3, 0.4) is 0 Å². The number of aliphatic carboxylic acids is 1. The van der Waals surface area contributed by atoms with E-state index in [0.29, 0.717) is 26.8 Å². The van der Waals surface area contributed by atoms with Crippen LogP contribution >= 0.6 is 36.2 Å². The average molecular weight is 445 g/mol. The zero-order valence-electron chi connectivity index (χ0n) is 16.0. The van der Waals surface area contributed by atoms with Crippen molar-refractivity contribution < 1.29 is 14.7 Å². The normalized spacial score (nSPS) is 15.4. The van der Waals surface area contributed by atoms with E-state index >= 15 is 0 Å². The average Bonchev–Trinajstić information content (AvgIpc) is 2.91. The number of carboxylic acids is 1. The molecule has 8 heteroatoms. The van der Waals surface area contributed by atoms with Crippen molar-refractivity contribution >= 4 is 58.5 Å². The molecule has 1 aromatic carbocycles. The molecule has 29 heavy (non-hydrogen) atoms. The molecule has 2 aromatic rings. The number of benzene rings is 1. The number of pyridine rings is 1. The number of thioether (sulfide) groups is 1. The number of aryl methyl sites for hydroxylation is 2. The molecule has 0 spiro atoms. The lowest BCUT2D eigenvalue weighted by atomic mass is 10.1. The van der Waals surface area contributed by atoms with Crippen molar-refractivity contribution in [1.82, 2.24) is 9.47 Å². The highest BCUT2D eigenvalue weighted by atomic mass is 32.2. The first-order chi connectivity index (χ1) is 13.8. The number of rotatable bonds is 6. The summed E-state index contributed by atoms with van der Waals surface area (Å²) in [4.78, 5) is 25.4. The van der Waals surface area contributed by atoms with Crippen LogP contribution in [0.25, 0.3) is 11.8 Å². The van der Waals surface area contributed by atoms with E-state index in [9.17, 15) is 9.59 Å². The number of hydrogen-bond acceptors (Lipinski definition) is 5. The van der Waals surface area contributed by atoms with Gasteiger partial charge in [-0.2, -0.15) is 0 Å². The van der Waals surface area contributed by atoms with E-state index in [1.807, 2.05) is 54.9 Å². The summed E-state index contributed by atoms with van der Waals surface area (Å²) in [5, 5.41) is 8.79. The lowest BCUT2D eigenvalue weighted by molar-refractivity contribution is -0.137. The summed E-state index contributed by atoms with van der Waals surface area (Å²) in [7, 11) is 0. The molecule has 1 saturated heterocycles. The number of nitrogens with zero attached hydrogens (tertiary/aromatic N) is 2. The first kappa shape index (κ1) is 21.4. The smallest absolute Gasteiger partial charge is 0.303 e. The molecular formula is C21H20N2O3S3. The Morgan fingerprint density at radius 3 is 2.52 bits per heavy atom. The Bertz CT molecular complexity index is 1070. The summed E-state index contributed by atoms with van der Waals surface area (Å²) in [6.07, 6.45) is 4.05. The number of carbonyl (C=O) groups is 2. The lowest BCUT2D eigenvalue weighted by Crippen LogP contribution is -2.29. The molecule has 0 bridgehead atoms. The van der Waals surface area contributed by atoms with Crippen LogP contribution < -0.4 is 0 Å². The van der Waals surface area contributed by atoms with Gasteiger partial charge in [-0.25, -0.2) is 0 Å². The summed E-state index contributed by atoms with van der Waals surface area (Å²) in [5.74, 6) is -1.09. The minimum absolute atomic E-state index is 0.000872. The monoisotopic (exact) mass is 444 g/mol. The van der Waals surface area contributed by atoms with Gasteiger partial charge in [-0.1, -0.05) is 60.5 Å². The third-order valence-electron chi connectivity index (χ3n) is 4.59. The predicted molar refractivity (Wildman–Crippen MR) is 123 cm³/mol. The van der Waals surface area contributed by atoms with Crippen molar-refractivity contribution in [2.45, 2.75) is 26.7 Å². The minimum Gasteiger partial charge on any atom is -0.481 e. The molecule has 1 aliphatic heterocycles. The fourth-order valence-corrected chi connectivity index (χ4v) is 4.78. The Morgan fingerprint density at radius 1 is 1.17 bits per heavy atom. The second kappa shape index (κ2) is 9.02. The zero-order valence-corrected chi connectivity index (χ0v) is 18.5. The van der Waals surface area contributed by atoms with Crippen molar-refractivity contribution in [2.24, 2.45) is 0 Å². The molecular weight excluding hydrogens is 424 g/mol. The summed E-state index contributed by atoms with van der Waals surface area (Å²) >= 11 is 12.2. The van der Waals surface area contributed by atoms with Crippen LogP contribution in [0, 0.1) is 18.5 Å². The van der Waals surface area contributed by atoms with Crippen molar-refractivity contribution in [3.63, 3.8) is 0 Å². The Balaban J connectivity index is 1.92. The molecule has 1 aliphatic rings. The molecule has 2 heterocycles. The van der Waals surface area contributed by atoms with Crippen LogP contribution in [0.5, 0.6) is 0 Å². The number of carboxylic acid groups (broad SMARTS) is 1. The number of aromatic nitrogens is 1. The molecule has 150 valence electrons. The second-order valence-corrected chi connectivity index (χ2v) is 8.77. The highest BCUT2D eigenvalue weighted by Gasteiger charge is 2.31. The largest absolute Gasteiger partial charge is 0.481 e. The molecule has 1 N–H and O–H groups in total. The lowest BCUT2D eigenvalue weighted by Gasteiger charge is -2.14. The van der Waals surface area contributed by atoms with Gasteiger partial charge < -0.3 is 9.67 Å². The second-order valence-electron chi connectivity index (χ2n) is 6.71. The topological polar surface area (TPSA) is 62.5 Å². The molecule has 3 rings (SSSR count). The third-order valence-corrected chi connectivity index (χ3v) is 6.40. The highest BCUT2D eigenvalue weighted by Crippen LogP contribution is 2.33. The predicted octanol–water partition coefficient (Wildman–Crippen LogP) is 4.89. The van der Waals surface area contributed by atoms with Crippen LogP contribution in [0.2, 0.25) is 0 Å². The van der Waals surface area contributed by atoms with Crippen LogP contribution in [0.4, 0.5) is 0 Å². The van der Waals surface area contributed by atoms with E-state index in [-0.39, 0.29) is 12.3 Å². The van der Waals surface area contributed by atoms with Gasteiger partial charge in [0.1, 0.15) is 8.96 Å². The van der Waals surface area contributed by atoms with E-state index in [4.69, 9.17) is 29.5 Å². The number of thiocarbonyl (C=S) groups is 1. The van der Waals surface area contributed by atoms with Crippen LogP contribution in [0.1, 0.15) is 29.5 Å². The summed E-state index contributed by atoms with van der Waals surface area (Å²) in [5.41, 5.74) is 4.02. The van der Waals surface area contributed by atoms with Gasteiger partial charge in [0.15, 0.2) is 0 Å². The van der Waals surface area contributed by atoms with Gasteiger partial charge in [0.05, 0.1) is 10.6 Å². The number of amides is 1. The first-order valence-corrected chi connectivity index (χ1v) is 10.7. The van der Waals surface area contributed by atoms with E-state index < -0.39 is 5.97 Å². The molecule has 0 atom stereocenters. The molecule has 0 unspecified atom stereocenters. The van der Waals surface area contributed by atoms with Crippen molar-refractivity contribution in [3.8, 4) is 5.69 Å². The van der Waals surface area contributed by atoms with Crippen molar-refractivity contribution in [2.75, 3.05) is 6.54 Å². The van der Waals surface area contributed by atoms with Gasteiger partial charge in [0, 0.05) is 24.7 Å². The van der Waals surface area contributed by atoms with Gasteiger partial charge >= 0.3 is 5.97 Å². The number of carbonyl (C=O) groups excluding carboxylic acids is 1. The summed E-state index contributed by atoms with van der Waals surface area (Å²) in [6, 6.07) is 9.87. The fraction of sp³-hybridized carbons (Fsp3) is 0.238. The summed E-state index contributed by atoms with van der Waals surface area (Å²) < 4.78 is 3.01. The summed E-state index contributed by atoms with van der Waals surface area (Å²) in [6.45, 7) is 4.38. The van der Waals surface area contributed by atoms with Crippen LogP contribution in [-0.4, -0.2) is 37.3 Å². The Kier molecular flexibility index (Phi) is 6.66. The fourth-order valence-electron chi connectivity index (χ4n) is 3.20. The number of para-hydroxylation sites is 1. The zero-order chi connectivity index (χ0) is 21.1. The van der Waals surface area contributed by atoms with Crippen LogP contribution in [0.15, 0.2) is 41.4 Å². The van der Waals surface area contributed by atoms with Crippen molar-refractivity contribution in [1.29, 1.82) is 0 Å². The van der Waals surface area contributed by atoms with Gasteiger partial charge in [0.2, 0.25) is 0 Å². The molecule has 1 amide bonds. The van der Waals surface area contributed by atoms with E-state index in [1.54, 1.807) is 6.08 Å². The van der Waals surface area contributed by atoms with Crippen LogP contribution in [-0.2, 0) is 9.59 Å². The minimum atomic E-state index is -0.887. The van der Waals surface area contributed by atoms with E-state index in [1.165, 1.54) is 16.7 Å². The van der Waals surface area contributed by atoms with Gasteiger partial charge in [-0.15, -0.1) is 0 Å². The Labute approximate surface area is 184 Å². The molecule has 0 radical (unpaired) electrons. The molecule has 1 aromatic heterocycles. The Morgan fingerprint density at radius 2 is 1.86 bits per heavy atom. The van der Waals surface area contributed by atoms with E-state index in [0.717, 1.165) is 22.4 Å². The standard InChI is InChI=1S/C21H20N2O3S3/c1-13-6-3-7-14(2)18(13)22-10-4-8-15(20(22)27)12-16-19(26)23(21(28)29-16)11-5-9-17(24)25/h3-4,6-8,10,12H,5,9,11H2,1-2H3,(H,24,25)/b16-12-. The van der Waals surface area contributed by atoms with Gasteiger partial charge in [0.25, 0.3) is 5.91 Å². The molecule has 0 saturated carbocycles. The molecule has 1 fully saturated rings. The van der Waals surface area contributed by atoms with Crippen molar-refractivity contribution in [3.05, 3.63) is 62.8 Å². The maximum Gasteiger partial charge on any atom is 0.303 e. The quantitative estimate of drug-likeness (QED) is 0.506. The Hall–Kier alpha value is -2.29. The first-order valence-electron chi connectivity index (χ1n) is 9.05. The number of hydrogen-bond donors (Lipinski definition) is 1. The third kappa shape index (κ3) is 4.66. The highest BCUT2D eigenvalue weighted by molar-refractivity contribution is 8.26. The van der Waals surface area contributed by atoms with Gasteiger partial charge in [-0.3, -0.25) is 14.5 Å².